The first kappa shape index (κ1) is 17.3. The number of phenolic OH excluding ortho intramolecular Hbond substituents is 2. The van der Waals surface area contributed by atoms with E-state index in [0.29, 0.717) is 5.56 Å². The molecule has 116 valence electrons. The average molecular weight is 302 g/mol. The molecule has 2 aromatic carbocycles. The van der Waals surface area contributed by atoms with E-state index in [0.717, 1.165) is 11.6 Å². The maximum Gasteiger partial charge on any atom is 0.328 e. The van der Waals surface area contributed by atoms with Crippen LogP contribution in [0.1, 0.15) is 24.2 Å². The van der Waals surface area contributed by atoms with Gasteiger partial charge in [-0.2, -0.15) is 0 Å². The topological polar surface area (TPSA) is 98.0 Å². The van der Waals surface area contributed by atoms with Gasteiger partial charge in [-0.1, -0.05) is 36.4 Å². The van der Waals surface area contributed by atoms with Crippen LogP contribution in [0.3, 0.4) is 0 Å². The molecule has 2 aromatic rings. The van der Waals surface area contributed by atoms with Crippen molar-refractivity contribution >= 4 is 12.0 Å². The summed E-state index contributed by atoms with van der Waals surface area (Å²) in [5, 5.41) is 35.3. The lowest BCUT2D eigenvalue weighted by Gasteiger charge is -2.00. The number of carboxylic acid groups (broad SMARTS) is 1. The molecule has 0 radical (unpaired) electrons. The Labute approximate surface area is 128 Å². The molecule has 0 bridgehead atoms. The predicted molar refractivity (Wildman–Crippen MR) is 83.5 cm³/mol. The summed E-state index contributed by atoms with van der Waals surface area (Å²) in [5.74, 6) is -1.56. The van der Waals surface area contributed by atoms with E-state index in [1.807, 2.05) is 30.3 Å². The molecule has 0 heterocycles. The van der Waals surface area contributed by atoms with E-state index < -0.39 is 5.97 Å². The van der Waals surface area contributed by atoms with Crippen molar-refractivity contribution in [3.63, 3.8) is 0 Å². The summed E-state index contributed by atoms with van der Waals surface area (Å²) in [6.45, 7) is 1.76. The standard InChI is InChI=1S/C9H8O4.C8H10O/c10-7-3-1-6(5-8(7)11)2-4-9(12)13;1-7(9)8-5-3-2-4-6-8/h1-5,10-11H,(H,12,13);2-7,9H,1H3. The van der Waals surface area contributed by atoms with Gasteiger partial charge in [0, 0.05) is 6.08 Å². The summed E-state index contributed by atoms with van der Waals surface area (Å²) >= 11 is 0. The van der Waals surface area contributed by atoms with Crippen LogP contribution in [0.15, 0.2) is 54.6 Å². The van der Waals surface area contributed by atoms with Crippen LogP contribution in [0.4, 0.5) is 0 Å². The molecule has 2 rings (SSSR count). The summed E-state index contributed by atoms with van der Waals surface area (Å²) in [4.78, 5) is 10.1. The van der Waals surface area contributed by atoms with Gasteiger partial charge in [0.05, 0.1) is 6.10 Å². The smallest absolute Gasteiger partial charge is 0.328 e. The van der Waals surface area contributed by atoms with Gasteiger partial charge in [0.25, 0.3) is 0 Å². The van der Waals surface area contributed by atoms with Crippen LogP contribution >= 0.6 is 0 Å². The zero-order chi connectivity index (χ0) is 16.5. The molecule has 0 aromatic heterocycles. The minimum atomic E-state index is -1.06. The normalized spacial score (nSPS) is 11.5. The molecule has 1 atom stereocenters. The fraction of sp³-hybridized carbons (Fsp3) is 0.118. The number of rotatable bonds is 3. The Morgan fingerprint density at radius 1 is 1.05 bits per heavy atom. The third kappa shape index (κ3) is 6.11. The van der Waals surface area contributed by atoms with Gasteiger partial charge in [-0.15, -0.1) is 0 Å². The molecule has 0 spiro atoms. The average Bonchev–Trinajstić information content (AvgIpc) is 2.50. The summed E-state index contributed by atoms with van der Waals surface area (Å²) in [6, 6.07) is 13.6. The van der Waals surface area contributed by atoms with Crippen molar-refractivity contribution in [3.8, 4) is 11.5 Å². The zero-order valence-corrected chi connectivity index (χ0v) is 12.0. The van der Waals surface area contributed by atoms with E-state index in [4.69, 9.17) is 20.4 Å². The van der Waals surface area contributed by atoms with Gasteiger partial charge in [0.2, 0.25) is 0 Å². The molecule has 0 aliphatic heterocycles. The first-order valence-corrected chi connectivity index (χ1v) is 6.56. The Balaban J connectivity index is 0.000000235. The van der Waals surface area contributed by atoms with Gasteiger partial charge < -0.3 is 20.4 Å². The number of aliphatic hydroxyl groups excluding tert-OH is 1. The highest BCUT2D eigenvalue weighted by Crippen LogP contribution is 2.25. The lowest BCUT2D eigenvalue weighted by atomic mass is 10.1. The van der Waals surface area contributed by atoms with Crippen LogP contribution in [-0.4, -0.2) is 26.4 Å². The molecule has 1 unspecified atom stereocenters. The van der Waals surface area contributed by atoms with Crippen LogP contribution in [0, 0.1) is 0 Å². The fourth-order valence-corrected chi connectivity index (χ4v) is 1.54. The van der Waals surface area contributed by atoms with Crippen molar-refractivity contribution in [2.45, 2.75) is 13.0 Å². The number of carbonyl (C=O) groups is 1. The third-order valence-electron chi connectivity index (χ3n) is 2.70. The van der Waals surface area contributed by atoms with Crippen LogP contribution in [0.2, 0.25) is 0 Å². The summed E-state index contributed by atoms with van der Waals surface area (Å²) in [6.07, 6.45) is 1.93. The Morgan fingerprint density at radius 3 is 2.14 bits per heavy atom. The van der Waals surface area contributed by atoms with Crippen molar-refractivity contribution in [2.75, 3.05) is 0 Å². The Bertz CT molecular complexity index is 633. The van der Waals surface area contributed by atoms with Gasteiger partial charge >= 0.3 is 5.97 Å². The largest absolute Gasteiger partial charge is 0.504 e. The van der Waals surface area contributed by atoms with E-state index >= 15 is 0 Å². The lowest BCUT2D eigenvalue weighted by molar-refractivity contribution is -0.131. The second kappa shape index (κ2) is 8.49. The van der Waals surface area contributed by atoms with Crippen LogP contribution in [-0.2, 0) is 4.79 Å². The molecule has 0 aliphatic rings. The molecule has 0 fully saturated rings. The molecule has 0 saturated heterocycles. The van der Waals surface area contributed by atoms with Crippen molar-refractivity contribution in [3.05, 3.63) is 65.7 Å². The minimum absolute atomic E-state index is 0.229. The number of hydrogen-bond donors (Lipinski definition) is 4. The summed E-state index contributed by atoms with van der Waals surface area (Å²) in [7, 11) is 0. The number of aromatic hydroxyl groups is 2. The number of aliphatic carboxylic acids is 1. The highest BCUT2D eigenvalue weighted by Gasteiger charge is 1.98. The minimum Gasteiger partial charge on any atom is -0.504 e. The van der Waals surface area contributed by atoms with Crippen molar-refractivity contribution in [2.24, 2.45) is 0 Å². The molecule has 0 amide bonds. The highest BCUT2D eigenvalue weighted by atomic mass is 16.4. The highest BCUT2D eigenvalue weighted by molar-refractivity contribution is 5.85. The van der Waals surface area contributed by atoms with E-state index in [9.17, 15) is 4.79 Å². The summed E-state index contributed by atoms with van der Waals surface area (Å²) < 4.78 is 0. The van der Waals surface area contributed by atoms with Crippen LogP contribution < -0.4 is 0 Å². The molecule has 0 saturated carbocycles. The first-order chi connectivity index (χ1) is 10.4. The van der Waals surface area contributed by atoms with Crippen LogP contribution in [0.25, 0.3) is 6.08 Å². The van der Waals surface area contributed by atoms with Gasteiger partial charge in [-0.25, -0.2) is 4.79 Å². The third-order valence-corrected chi connectivity index (χ3v) is 2.70. The second-order valence-corrected chi connectivity index (χ2v) is 4.51. The van der Waals surface area contributed by atoms with Crippen molar-refractivity contribution in [1.82, 2.24) is 0 Å². The van der Waals surface area contributed by atoms with Gasteiger partial charge in [0.1, 0.15) is 0 Å². The maximum atomic E-state index is 10.1. The molecule has 22 heavy (non-hydrogen) atoms. The van der Waals surface area contributed by atoms with E-state index in [1.54, 1.807) is 6.92 Å². The molecule has 4 N–H and O–H groups in total. The molecule has 5 nitrogen and oxygen atoms in total. The van der Waals surface area contributed by atoms with Gasteiger partial charge in [-0.3, -0.25) is 0 Å². The predicted octanol–water partition coefficient (Wildman–Crippen LogP) is 2.94. The Morgan fingerprint density at radius 2 is 1.68 bits per heavy atom. The molecule has 5 heteroatoms. The SMILES string of the molecule is CC(O)c1ccccc1.O=C(O)C=Cc1ccc(O)c(O)c1. The number of benzene rings is 2. The van der Waals surface area contributed by atoms with Crippen molar-refractivity contribution < 1.29 is 25.2 Å². The number of phenols is 2. The van der Waals surface area contributed by atoms with E-state index in [2.05, 4.69) is 0 Å². The number of carboxylic acids is 1. The Kier molecular flexibility index (Phi) is 6.66. The molecule has 0 aliphatic carbocycles. The first-order valence-electron chi connectivity index (χ1n) is 6.56. The summed E-state index contributed by atoms with van der Waals surface area (Å²) in [5.41, 5.74) is 1.48. The van der Waals surface area contributed by atoms with Crippen LogP contribution in [0.5, 0.6) is 11.5 Å². The van der Waals surface area contributed by atoms with Gasteiger partial charge in [0.15, 0.2) is 11.5 Å². The van der Waals surface area contributed by atoms with E-state index in [-0.39, 0.29) is 17.6 Å². The molecular weight excluding hydrogens is 284 g/mol. The van der Waals surface area contributed by atoms with Crippen molar-refractivity contribution in [1.29, 1.82) is 0 Å². The maximum absolute atomic E-state index is 10.1. The fourth-order valence-electron chi connectivity index (χ4n) is 1.54. The number of hydrogen-bond acceptors (Lipinski definition) is 4. The molecular formula is C17H18O5. The lowest BCUT2D eigenvalue weighted by Crippen LogP contribution is -1.87. The number of aliphatic hydroxyl groups is 1. The Hall–Kier alpha value is -2.79. The van der Waals surface area contributed by atoms with E-state index in [1.165, 1.54) is 24.3 Å². The zero-order valence-electron chi connectivity index (χ0n) is 12.0. The monoisotopic (exact) mass is 302 g/mol. The quantitative estimate of drug-likeness (QED) is 0.516. The second-order valence-electron chi connectivity index (χ2n) is 4.51. The van der Waals surface area contributed by atoms with Gasteiger partial charge in [-0.05, 0) is 36.3 Å².